The van der Waals surface area contributed by atoms with Crippen LogP contribution in [0.3, 0.4) is 0 Å². The SMILES string of the molecule is CCOC(=O)CCc1ccc(-c2cnc3nc2NCCCCNS(=O)(=O)c2cccc(c2)N3)cc1. The zero-order chi connectivity index (χ0) is 24.7. The lowest BCUT2D eigenvalue weighted by Gasteiger charge is -2.15. The first-order valence-corrected chi connectivity index (χ1v) is 13.2. The molecule has 0 saturated carbocycles. The monoisotopic (exact) mass is 495 g/mol. The molecule has 35 heavy (non-hydrogen) atoms. The standard InChI is InChI=1S/C25H29N5O4S/c1-2-34-23(31)13-10-18-8-11-19(12-9-18)22-17-27-25-29-20-6-5-7-21(16-20)35(32,33)28-15-4-3-14-26-24(22)30-25/h5-9,11-12,16-17,28H,2-4,10,13-15H2,1H3,(H2,26,27,29,30). The summed E-state index contributed by atoms with van der Waals surface area (Å²) in [6.45, 7) is 3.18. The Hall–Kier alpha value is -3.50. The van der Waals surface area contributed by atoms with Crippen LogP contribution in [0.1, 0.15) is 31.7 Å². The molecule has 0 fully saturated rings. The molecule has 3 N–H and O–H groups in total. The Morgan fingerprint density at radius 1 is 1.09 bits per heavy atom. The van der Waals surface area contributed by atoms with Crippen molar-refractivity contribution in [2.45, 2.75) is 37.5 Å². The number of rotatable bonds is 5. The van der Waals surface area contributed by atoms with Crippen molar-refractivity contribution >= 4 is 33.4 Å². The fourth-order valence-electron chi connectivity index (χ4n) is 3.74. The average Bonchev–Trinajstić information content (AvgIpc) is 2.85. The van der Waals surface area contributed by atoms with Gasteiger partial charge in [0.2, 0.25) is 16.0 Å². The molecule has 1 aliphatic rings. The summed E-state index contributed by atoms with van der Waals surface area (Å²) >= 11 is 0. The molecule has 0 unspecified atom stereocenters. The van der Waals surface area contributed by atoms with Crippen LogP contribution in [0, 0.1) is 0 Å². The number of carbonyl (C=O) groups excluding carboxylic acids is 1. The maximum atomic E-state index is 12.5. The Morgan fingerprint density at radius 2 is 1.89 bits per heavy atom. The molecule has 184 valence electrons. The van der Waals surface area contributed by atoms with Crippen LogP contribution >= 0.6 is 0 Å². The Balaban J connectivity index is 1.58. The molecule has 9 nitrogen and oxygen atoms in total. The van der Waals surface area contributed by atoms with Crippen molar-refractivity contribution in [2.75, 3.05) is 30.3 Å². The predicted octanol–water partition coefficient (Wildman–Crippen LogP) is 3.87. The lowest BCUT2D eigenvalue weighted by Crippen LogP contribution is -2.25. The van der Waals surface area contributed by atoms with Gasteiger partial charge < -0.3 is 15.4 Å². The van der Waals surface area contributed by atoms with Gasteiger partial charge in [-0.3, -0.25) is 4.79 Å². The van der Waals surface area contributed by atoms with E-state index in [1.54, 1.807) is 37.4 Å². The van der Waals surface area contributed by atoms with Gasteiger partial charge in [0.25, 0.3) is 0 Å². The molecule has 0 amide bonds. The second-order valence-corrected chi connectivity index (χ2v) is 9.91. The Labute approximate surface area is 205 Å². The van der Waals surface area contributed by atoms with Gasteiger partial charge in [0.15, 0.2) is 0 Å². The lowest BCUT2D eigenvalue weighted by molar-refractivity contribution is -0.143. The van der Waals surface area contributed by atoms with Crippen molar-refractivity contribution in [1.29, 1.82) is 0 Å². The number of anilines is 3. The van der Waals surface area contributed by atoms with E-state index in [0.29, 0.717) is 56.4 Å². The molecule has 0 saturated heterocycles. The predicted molar refractivity (Wildman–Crippen MR) is 135 cm³/mol. The number of aryl methyl sites for hydroxylation is 1. The normalized spacial score (nSPS) is 15.2. The number of aromatic nitrogens is 2. The summed E-state index contributed by atoms with van der Waals surface area (Å²) in [7, 11) is -3.58. The molecule has 1 aliphatic heterocycles. The summed E-state index contributed by atoms with van der Waals surface area (Å²) in [5, 5.41) is 6.47. The summed E-state index contributed by atoms with van der Waals surface area (Å²) in [4.78, 5) is 20.9. The summed E-state index contributed by atoms with van der Waals surface area (Å²) in [5.74, 6) is 0.856. The quantitative estimate of drug-likeness (QED) is 0.456. The molecule has 0 atom stereocenters. The number of ether oxygens (including phenoxy) is 1. The molecular weight excluding hydrogens is 466 g/mol. The number of sulfonamides is 1. The van der Waals surface area contributed by atoms with Gasteiger partial charge in [-0.1, -0.05) is 30.3 Å². The molecule has 3 aromatic rings. The van der Waals surface area contributed by atoms with Crippen LogP contribution in [0.2, 0.25) is 0 Å². The van der Waals surface area contributed by atoms with E-state index in [0.717, 1.165) is 23.1 Å². The van der Waals surface area contributed by atoms with Gasteiger partial charge in [-0.25, -0.2) is 18.1 Å². The van der Waals surface area contributed by atoms with Crippen molar-refractivity contribution in [3.05, 3.63) is 60.3 Å². The molecular formula is C25H29N5O4S. The van der Waals surface area contributed by atoms with Gasteiger partial charge in [-0.2, -0.15) is 4.98 Å². The van der Waals surface area contributed by atoms with Gasteiger partial charge in [-0.05, 0) is 55.5 Å². The van der Waals surface area contributed by atoms with Crippen molar-refractivity contribution in [1.82, 2.24) is 14.7 Å². The highest BCUT2D eigenvalue weighted by Crippen LogP contribution is 2.28. The lowest BCUT2D eigenvalue weighted by atomic mass is 10.0. The Kier molecular flexibility index (Phi) is 7.94. The number of hydrogen-bond donors (Lipinski definition) is 3. The highest BCUT2D eigenvalue weighted by atomic mass is 32.2. The average molecular weight is 496 g/mol. The molecule has 1 aromatic heterocycles. The molecule has 0 aliphatic carbocycles. The second kappa shape index (κ2) is 11.3. The van der Waals surface area contributed by atoms with Crippen molar-refractivity contribution < 1.29 is 17.9 Å². The third-order valence-electron chi connectivity index (χ3n) is 5.57. The number of nitrogens with one attached hydrogen (secondary N) is 3. The highest BCUT2D eigenvalue weighted by molar-refractivity contribution is 7.89. The Morgan fingerprint density at radius 3 is 2.69 bits per heavy atom. The molecule has 2 aromatic carbocycles. The first-order chi connectivity index (χ1) is 16.9. The molecule has 0 spiro atoms. The number of hydrogen-bond acceptors (Lipinski definition) is 8. The molecule has 4 bridgehead atoms. The van der Waals surface area contributed by atoms with Crippen LogP contribution in [0.25, 0.3) is 11.1 Å². The van der Waals surface area contributed by atoms with E-state index in [9.17, 15) is 13.2 Å². The van der Waals surface area contributed by atoms with Crippen molar-refractivity contribution in [3.63, 3.8) is 0 Å². The zero-order valence-electron chi connectivity index (χ0n) is 19.6. The van der Waals surface area contributed by atoms with Crippen LogP contribution in [-0.4, -0.2) is 44.1 Å². The minimum absolute atomic E-state index is 0.192. The number of fused-ring (bicyclic) bond motifs is 4. The Bertz CT molecular complexity index is 1280. The van der Waals surface area contributed by atoms with E-state index in [-0.39, 0.29) is 10.9 Å². The first-order valence-electron chi connectivity index (χ1n) is 11.7. The van der Waals surface area contributed by atoms with Gasteiger partial charge >= 0.3 is 5.97 Å². The minimum atomic E-state index is -3.58. The number of benzene rings is 2. The maximum absolute atomic E-state index is 12.5. The van der Waals surface area contributed by atoms with E-state index in [1.807, 2.05) is 24.3 Å². The molecule has 2 heterocycles. The topological polar surface area (TPSA) is 122 Å². The summed E-state index contributed by atoms with van der Waals surface area (Å²) in [6, 6.07) is 14.6. The summed E-state index contributed by atoms with van der Waals surface area (Å²) in [6.07, 6.45) is 4.17. The summed E-state index contributed by atoms with van der Waals surface area (Å²) in [5.41, 5.74) is 3.44. The third kappa shape index (κ3) is 6.55. The van der Waals surface area contributed by atoms with Crippen molar-refractivity contribution in [2.24, 2.45) is 0 Å². The van der Waals surface area contributed by atoms with Gasteiger partial charge in [0.05, 0.1) is 11.5 Å². The number of carbonyl (C=O) groups is 1. The minimum Gasteiger partial charge on any atom is -0.466 e. The van der Waals surface area contributed by atoms with E-state index in [4.69, 9.17) is 4.74 Å². The van der Waals surface area contributed by atoms with Gasteiger partial charge in [0, 0.05) is 37.0 Å². The van der Waals surface area contributed by atoms with Crippen LogP contribution in [-0.2, 0) is 26.0 Å². The van der Waals surface area contributed by atoms with Crippen LogP contribution in [0.5, 0.6) is 0 Å². The number of esters is 1. The first kappa shape index (κ1) is 24.6. The molecule has 4 rings (SSSR count). The number of nitrogens with zero attached hydrogens (tertiary/aromatic N) is 2. The fourth-order valence-corrected chi connectivity index (χ4v) is 4.85. The molecule has 0 radical (unpaired) electrons. The second-order valence-electron chi connectivity index (χ2n) is 8.14. The fraction of sp³-hybridized carbons (Fsp3) is 0.320. The zero-order valence-corrected chi connectivity index (χ0v) is 20.4. The maximum Gasteiger partial charge on any atom is 0.306 e. The summed E-state index contributed by atoms with van der Waals surface area (Å²) < 4.78 is 32.7. The van der Waals surface area contributed by atoms with Gasteiger partial charge in [-0.15, -0.1) is 0 Å². The van der Waals surface area contributed by atoms with E-state index >= 15 is 0 Å². The largest absolute Gasteiger partial charge is 0.466 e. The van der Waals surface area contributed by atoms with Crippen molar-refractivity contribution in [3.8, 4) is 11.1 Å². The van der Waals surface area contributed by atoms with Gasteiger partial charge in [0.1, 0.15) is 5.82 Å². The smallest absolute Gasteiger partial charge is 0.306 e. The highest BCUT2D eigenvalue weighted by Gasteiger charge is 2.16. The third-order valence-corrected chi connectivity index (χ3v) is 7.02. The van der Waals surface area contributed by atoms with Crippen LogP contribution < -0.4 is 15.4 Å². The van der Waals surface area contributed by atoms with Crippen LogP contribution in [0.15, 0.2) is 59.6 Å². The molecule has 10 heteroatoms. The van der Waals surface area contributed by atoms with E-state index in [2.05, 4.69) is 25.3 Å². The van der Waals surface area contributed by atoms with E-state index < -0.39 is 10.0 Å². The van der Waals surface area contributed by atoms with Crippen LogP contribution in [0.4, 0.5) is 17.5 Å². The van der Waals surface area contributed by atoms with E-state index in [1.165, 1.54) is 0 Å².